The molecule has 6 aromatic rings. The lowest BCUT2D eigenvalue weighted by atomic mass is 9.80. The van der Waals surface area contributed by atoms with E-state index < -0.39 is 0 Å². The lowest BCUT2D eigenvalue weighted by Gasteiger charge is -2.23. The number of hydrogen-bond acceptors (Lipinski definition) is 0. The number of hydrogen-bond donors (Lipinski definition) is 0. The average molecular weight is 479 g/mol. The summed E-state index contributed by atoms with van der Waals surface area (Å²) in [4.78, 5) is 0. The van der Waals surface area contributed by atoms with Gasteiger partial charge in [0, 0.05) is 5.41 Å². The van der Waals surface area contributed by atoms with E-state index in [0.29, 0.717) is 0 Å². The highest BCUT2D eigenvalue weighted by Crippen LogP contribution is 2.51. The summed E-state index contributed by atoms with van der Waals surface area (Å²) in [6, 6.07) is 30.7. The van der Waals surface area contributed by atoms with Gasteiger partial charge in [-0.25, -0.2) is 0 Å². The first kappa shape index (κ1) is 22.5. The van der Waals surface area contributed by atoms with Crippen molar-refractivity contribution < 1.29 is 0 Å². The summed E-state index contributed by atoms with van der Waals surface area (Å²) in [5.74, 6) is 0. The van der Waals surface area contributed by atoms with Crippen LogP contribution in [-0.2, 0) is 10.8 Å². The lowest BCUT2D eigenvalue weighted by molar-refractivity contribution is 0.591. The molecule has 182 valence electrons. The zero-order chi connectivity index (χ0) is 25.9. The molecular formula is C37H34. The first-order valence-corrected chi connectivity index (χ1v) is 13.5. The van der Waals surface area contributed by atoms with Gasteiger partial charge in [0.15, 0.2) is 0 Å². The standard InChI is InChI=1S/C37H34/c1-21-8-12-28-29-14-9-23(20-33(29)37(6,7)32(28)16-21)31-17-22(2)27-13-10-24-18-26(36(3,4)5)19-25-11-15-30(31)35(27)34(24)25/h8-20H,1-7H3. The van der Waals surface area contributed by atoms with Crippen molar-refractivity contribution in [3.63, 3.8) is 0 Å². The molecule has 0 amide bonds. The van der Waals surface area contributed by atoms with Gasteiger partial charge in [0.05, 0.1) is 0 Å². The van der Waals surface area contributed by atoms with E-state index in [-0.39, 0.29) is 10.8 Å². The minimum absolute atomic E-state index is 0.00508. The third-order valence-electron chi connectivity index (χ3n) is 8.93. The van der Waals surface area contributed by atoms with Gasteiger partial charge >= 0.3 is 0 Å². The summed E-state index contributed by atoms with van der Waals surface area (Å²) < 4.78 is 0. The van der Waals surface area contributed by atoms with E-state index in [9.17, 15) is 0 Å². The van der Waals surface area contributed by atoms with Crippen LogP contribution in [0.1, 0.15) is 62.4 Å². The summed E-state index contributed by atoms with van der Waals surface area (Å²) in [5, 5.41) is 8.22. The molecule has 1 aliphatic carbocycles. The summed E-state index contributed by atoms with van der Waals surface area (Å²) in [7, 11) is 0. The highest BCUT2D eigenvalue weighted by atomic mass is 14.4. The van der Waals surface area contributed by atoms with Gasteiger partial charge in [-0.2, -0.15) is 0 Å². The molecule has 0 saturated carbocycles. The first-order chi connectivity index (χ1) is 17.5. The van der Waals surface area contributed by atoms with Crippen molar-refractivity contribution in [3.8, 4) is 22.3 Å². The predicted octanol–water partition coefficient (Wildman–Crippen LogP) is 10.5. The zero-order valence-corrected chi connectivity index (χ0v) is 23.0. The largest absolute Gasteiger partial charge is 0.0587 e. The second-order valence-electron chi connectivity index (χ2n) is 12.8. The predicted molar refractivity (Wildman–Crippen MR) is 161 cm³/mol. The molecule has 0 nitrogen and oxygen atoms in total. The van der Waals surface area contributed by atoms with Gasteiger partial charge in [-0.3, -0.25) is 0 Å². The van der Waals surface area contributed by atoms with Crippen LogP contribution in [-0.4, -0.2) is 0 Å². The van der Waals surface area contributed by atoms with Gasteiger partial charge in [0.25, 0.3) is 0 Å². The first-order valence-electron chi connectivity index (χ1n) is 13.5. The molecule has 37 heavy (non-hydrogen) atoms. The van der Waals surface area contributed by atoms with Gasteiger partial charge in [0.1, 0.15) is 0 Å². The molecule has 0 spiro atoms. The molecule has 0 aromatic heterocycles. The minimum Gasteiger partial charge on any atom is -0.0587 e. The van der Waals surface area contributed by atoms with Crippen molar-refractivity contribution in [2.24, 2.45) is 0 Å². The molecule has 0 heteroatoms. The Labute approximate surface area is 220 Å². The van der Waals surface area contributed by atoms with Crippen LogP contribution in [0.15, 0.2) is 78.9 Å². The molecule has 1 aliphatic rings. The summed E-state index contributed by atoms with van der Waals surface area (Å²) >= 11 is 0. The molecule has 0 aliphatic heterocycles. The summed E-state index contributed by atoms with van der Waals surface area (Å²) in [5.41, 5.74) is 12.5. The maximum Gasteiger partial charge on any atom is 0.0159 e. The normalized spacial score (nSPS) is 14.6. The number of benzene rings is 6. The molecule has 0 N–H and O–H groups in total. The average Bonchev–Trinajstić information content (AvgIpc) is 3.08. The number of aryl methyl sites for hydroxylation is 2. The fourth-order valence-corrected chi connectivity index (χ4v) is 6.78. The molecule has 7 rings (SSSR count). The molecule has 0 atom stereocenters. The smallest absolute Gasteiger partial charge is 0.0159 e. The second kappa shape index (κ2) is 7.23. The minimum atomic E-state index is -0.00508. The molecule has 0 fully saturated rings. The Morgan fingerprint density at radius 3 is 1.86 bits per heavy atom. The molecule has 0 saturated heterocycles. The molecule has 0 bridgehead atoms. The van der Waals surface area contributed by atoms with E-state index in [1.54, 1.807) is 0 Å². The molecule has 0 heterocycles. The van der Waals surface area contributed by atoms with Crippen LogP contribution < -0.4 is 0 Å². The number of fused-ring (bicyclic) bond motifs is 3. The molecule has 0 unspecified atom stereocenters. The van der Waals surface area contributed by atoms with Crippen LogP contribution >= 0.6 is 0 Å². The quantitative estimate of drug-likeness (QED) is 0.206. The van der Waals surface area contributed by atoms with Crippen LogP contribution in [0.5, 0.6) is 0 Å². The zero-order valence-electron chi connectivity index (χ0n) is 23.0. The molecule has 6 aromatic carbocycles. The number of rotatable bonds is 1. The van der Waals surface area contributed by atoms with Crippen LogP contribution in [0.25, 0.3) is 54.6 Å². The van der Waals surface area contributed by atoms with Gasteiger partial charge in [-0.05, 0) is 102 Å². The Morgan fingerprint density at radius 1 is 0.568 bits per heavy atom. The van der Waals surface area contributed by atoms with Crippen LogP contribution in [0, 0.1) is 13.8 Å². The fraction of sp³-hybridized carbons (Fsp3) is 0.243. The second-order valence-corrected chi connectivity index (χ2v) is 12.8. The van der Waals surface area contributed by atoms with E-state index in [1.807, 2.05) is 0 Å². The monoisotopic (exact) mass is 478 g/mol. The van der Waals surface area contributed by atoms with Gasteiger partial charge in [-0.1, -0.05) is 113 Å². The SMILES string of the molecule is Cc1ccc2c(c1)C(C)(C)c1cc(-c3cc(C)c4ccc5cc(C(C)(C)C)cc6ccc3c4c56)ccc1-2. The Balaban J connectivity index is 1.50. The summed E-state index contributed by atoms with van der Waals surface area (Å²) in [6.45, 7) is 16.1. The maximum atomic E-state index is 2.47. The highest BCUT2D eigenvalue weighted by molar-refractivity contribution is 6.26. The Hall–Kier alpha value is -3.64. The van der Waals surface area contributed by atoms with Crippen molar-refractivity contribution in [1.29, 1.82) is 0 Å². The van der Waals surface area contributed by atoms with E-state index >= 15 is 0 Å². The molecule has 0 radical (unpaired) electrons. The van der Waals surface area contributed by atoms with Crippen LogP contribution in [0.2, 0.25) is 0 Å². The maximum absolute atomic E-state index is 2.47. The van der Waals surface area contributed by atoms with Crippen molar-refractivity contribution in [2.45, 2.75) is 59.3 Å². The highest BCUT2D eigenvalue weighted by Gasteiger charge is 2.35. The Morgan fingerprint density at radius 2 is 1.19 bits per heavy atom. The van der Waals surface area contributed by atoms with Crippen LogP contribution in [0.3, 0.4) is 0 Å². The van der Waals surface area contributed by atoms with Crippen molar-refractivity contribution >= 4 is 32.3 Å². The van der Waals surface area contributed by atoms with E-state index in [2.05, 4.69) is 127 Å². The Bertz CT molecular complexity index is 1870. The Kier molecular flexibility index (Phi) is 4.40. The van der Waals surface area contributed by atoms with Crippen molar-refractivity contribution in [2.75, 3.05) is 0 Å². The lowest BCUT2D eigenvalue weighted by Crippen LogP contribution is -2.15. The van der Waals surface area contributed by atoms with E-state index in [0.717, 1.165) is 0 Å². The van der Waals surface area contributed by atoms with Gasteiger partial charge in [0.2, 0.25) is 0 Å². The third kappa shape index (κ3) is 3.08. The van der Waals surface area contributed by atoms with Crippen molar-refractivity contribution in [3.05, 3.63) is 107 Å². The van der Waals surface area contributed by atoms with Crippen LogP contribution in [0.4, 0.5) is 0 Å². The summed E-state index contributed by atoms with van der Waals surface area (Å²) in [6.07, 6.45) is 0. The van der Waals surface area contributed by atoms with Gasteiger partial charge < -0.3 is 0 Å². The fourth-order valence-electron chi connectivity index (χ4n) is 6.78. The van der Waals surface area contributed by atoms with Crippen molar-refractivity contribution in [1.82, 2.24) is 0 Å². The van der Waals surface area contributed by atoms with E-state index in [4.69, 9.17) is 0 Å². The topological polar surface area (TPSA) is 0 Å². The third-order valence-corrected chi connectivity index (χ3v) is 8.93. The molecular weight excluding hydrogens is 444 g/mol. The van der Waals surface area contributed by atoms with Gasteiger partial charge in [-0.15, -0.1) is 0 Å². The van der Waals surface area contributed by atoms with E-state index in [1.165, 1.54) is 82.4 Å².